The third kappa shape index (κ3) is 1.69. The van der Waals surface area contributed by atoms with Crippen molar-refractivity contribution in [3.05, 3.63) is 35.8 Å². The van der Waals surface area contributed by atoms with Gasteiger partial charge in [0.1, 0.15) is 5.75 Å². The number of methoxy groups -OCH3 is 1. The number of hydrogen-bond acceptors (Lipinski definition) is 2. The quantitative estimate of drug-likeness (QED) is 0.731. The van der Waals surface area contributed by atoms with E-state index in [0.717, 1.165) is 17.1 Å². The summed E-state index contributed by atoms with van der Waals surface area (Å²) < 4.78 is 5.04. The summed E-state index contributed by atoms with van der Waals surface area (Å²) in [5.41, 5.74) is 1.94. The normalized spacial score (nSPS) is 17.2. The van der Waals surface area contributed by atoms with E-state index in [0.29, 0.717) is 0 Å². The van der Waals surface area contributed by atoms with E-state index < -0.39 is 0 Å². The molecule has 66 valence electrons. The van der Waals surface area contributed by atoms with Gasteiger partial charge >= 0.3 is 0 Å². The Hall–Kier alpha value is -1.77. The van der Waals surface area contributed by atoms with Crippen LogP contribution >= 0.6 is 0 Å². The molecule has 1 aromatic heterocycles. The van der Waals surface area contributed by atoms with E-state index in [1.807, 2.05) is 30.5 Å². The fourth-order valence-corrected chi connectivity index (χ4v) is 1.15. The first kappa shape index (κ1) is 7.86. The number of nitrogens with one attached hydrogen (secondary N) is 1. The lowest BCUT2D eigenvalue weighted by Crippen LogP contribution is -1.75. The van der Waals surface area contributed by atoms with Gasteiger partial charge in [-0.2, -0.15) is 0 Å². The van der Waals surface area contributed by atoms with Gasteiger partial charge in [0.05, 0.1) is 12.8 Å². The van der Waals surface area contributed by atoms with Gasteiger partial charge in [0, 0.05) is 24.2 Å². The molecular weight excluding hydrogens is 164 g/mol. The number of aromatic amines is 1. The Bertz CT molecular complexity index is 371. The lowest BCUT2D eigenvalue weighted by Gasteiger charge is -1.89. The highest BCUT2D eigenvalue weighted by atomic mass is 16.5. The summed E-state index contributed by atoms with van der Waals surface area (Å²) in [7, 11) is 1.65. The molecule has 2 heterocycles. The molecular formula is C10H10N2O. The third-order valence-corrected chi connectivity index (χ3v) is 1.79. The molecule has 0 spiro atoms. The summed E-state index contributed by atoms with van der Waals surface area (Å²) in [6.07, 6.45) is 9.41. The first-order chi connectivity index (χ1) is 6.38. The van der Waals surface area contributed by atoms with Gasteiger partial charge in [-0.15, -0.1) is 0 Å². The average Bonchev–Trinajstić information content (AvgIpc) is 2.76. The zero-order valence-electron chi connectivity index (χ0n) is 7.32. The highest BCUT2D eigenvalue weighted by molar-refractivity contribution is 5.79. The second-order valence-electron chi connectivity index (χ2n) is 2.70. The average molecular weight is 174 g/mol. The van der Waals surface area contributed by atoms with Gasteiger partial charge < -0.3 is 9.72 Å². The molecule has 3 heteroatoms. The van der Waals surface area contributed by atoms with Crippen molar-refractivity contribution in [2.75, 3.05) is 7.11 Å². The smallest absolute Gasteiger partial charge is 0.136 e. The predicted molar refractivity (Wildman–Crippen MR) is 53.0 cm³/mol. The van der Waals surface area contributed by atoms with E-state index in [-0.39, 0.29) is 0 Å². The maximum Gasteiger partial charge on any atom is 0.136 e. The van der Waals surface area contributed by atoms with Crippen molar-refractivity contribution in [3.8, 4) is 5.75 Å². The van der Waals surface area contributed by atoms with Crippen LogP contribution in [-0.4, -0.2) is 18.3 Å². The van der Waals surface area contributed by atoms with Crippen molar-refractivity contribution >= 4 is 12.3 Å². The molecule has 0 aromatic carbocycles. The zero-order valence-corrected chi connectivity index (χ0v) is 7.32. The first-order valence-electron chi connectivity index (χ1n) is 4.03. The Morgan fingerprint density at radius 2 is 2.46 bits per heavy atom. The zero-order chi connectivity index (χ0) is 9.10. The summed E-state index contributed by atoms with van der Waals surface area (Å²) in [4.78, 5) is 7.20. The van der Waals surface area contributed by atoms with Crippen molar-refractivity contribution < 1.29 is 4.74 Å². The molecule has 2 rings (SSSR count). The Kier molecular flexibility index (Phi) is 2.00. The summed E-state index contributed by atoms with van der Waals surface area (Å²) in [6.45, 7) is 0. The van der Waals surface area contributed by atoms with Crippen molar-refractivity contribution in [3.63, 3.8) is 0 Å². The van der Waals surface area contributed by atoms with Crippen LogP contribution < -0.4 is 4.74 Å². The van der Waals surface area contributed by atoms with Gasteiger partial charge in [0.2, 0.25) is 0 Å². The number of aromatic nitrogens is 1. The maximum absolute atomic E-state index is 5.04. The number of H-pyrrole nitrogens is 1. The summed E-state index contributed by atoms with van der Waals surface area (Å²) in [5, 5.41) is 0. The van der Waals surface area contributed by atoms with Gasteiger partial charge in [-0.3, -0.25) is 4.99 Å². The molecule has 13 heavy (non-hydrogen) atoms. The van der Waals surface area contributed by atoms with Gasteiger partial charge in [-0.25, -0.2) is 0 Å². The Morgan fingerprint density at radius 3 is 3.08 bits per heavy atom. The van der Waals surface area contributed by atoms with E-state index in [4.69, 9.17) is 4.74 Å². The molecule has 0 amide bonds. The summed E-state index contributed by atoms with van der Waals surface area (Å²) >= 11 is 0. The summed E-state index contributed by atoms with van der Waals surface area (Å²) in [6, 6.07) is 1.93. The molecule has 1 N–H and O–H groups in total. The van der Waals surface area contributed by atoms with Crippen LogP contribution in [-0.2, 0) is 0 Å². The van der Waals surface area contributed by atoms with Crippen LogP contribution in [0.25, 0.3) is 6.08 Å². The molecule has 0 unspecified atom stereocenters. The number of hydrogen-bond donors (Lipinski definition) is 1. The largest absolute Gasteiger partial charge is 0.495 e. The third-order valence-electron chi connectivity index (χ3n) is 1.79. The van der Waals surface area contributed by atoms with Crippen LogP contribution in [0.4, 0.5) is 0 Å². The predicted octanol–water partition coefficient (Wildman–Crippen LogP) is 2.00. The number of ether oxygens (including phenoxy) is 1. The lowest BCUT2D eigenvalue weighted by atomic mass is 10.3. The van der Waals surface area contributed by atoms with E-state index in [1.165, 1.54) is 0 Å². The second kappa shape index (κ2) is 3.31. The Labute approximate surface area is 76.5 Å². The fourth-order valence-electron chi connectivity index (χ4n) is 1.15. The Morgan fingerprint density at radius 1 is 1.54 bits per heavy atom. The van der Waals surface area contributed by atoms with Crippen LogP contribution in [0.5, 0.6) is 5.75 Å². The molecule has 0 radical (unpaired) electrons. The minimum Gasteiger partial charge on any atom is -0.495 e. The topological polar surface area (TPSA) is 37.4 Å². The molecule has 1 aromatic rings. The van der Waals surface area contributed by atoms with E-state index >= 15 is 0 Å². The van der Waals surface area contributed by atoms with Crippen molar-refractivity contribution in [1.29, 1.82) is 0 Å². The summed E-state index contributed by atoms with van der Waals surface area (Å²) in [5.74, 6) is 0.831. The molecule has 1 aliphatic rings. The van der Waals surface area contributed by atoms with Crippen LogP contribution in [0.2, 0.25) is 0 Å². The molecule has 0 aliphatic carbocycles. The van der Waals surface area contributed by atoms with Gasteiger partial charge in [-0.05, 0) is 18.2 Å². The van der Waals surface area contributed by atoms with E-state index in [9.17, 15) is 0 Å². The van der Waals surface area contributed by atoms with Crippen molar-refractivity contribution in [2.24, 2.45) is 4.99 Å². The van der Waals surface area contributed by atoms with Gasteiger partial charge in [0.15, 0.2) is 0 Å². The molecule has 0 bridgehead atoms. The molecule has 0 atom stereocenters. The second-order valence-corrected chi connectivity index (χ2v) is 2.70. The van der Waals surface area contributed by atoms with Crippen LogP contribution in [0.1, 0.15) is 5.69 Å². The molecule has 1 aliphatic heterocycles. The van der Waals surface area contributed by atoms with Crippen molar-refractivity contribution in [1.82, 2.24) is 4.98 Å². The van der Waals surface area contributed by atoms with Gasteiger partial charge in [0.25, 0.3) is 0 Å². The van der Waals surface area contributed by atoms with E-state index in [2.05, 4.69) is 9.98 Å². The van der Waals surface area contributed by atoms with Crippen molar-refractivity contribution in [2.45, 2.75) is 0 Å². The standard InChI is InChI=1S/C10H10N2O/c1-13-10-6-9(12-7-10)5-8-3-2-4-11-8/h2-7,12H,1H3/b8-5+. The van der Waals surface area contributed by atoms with Crippen LogP contribution in [0, 0.1) is 0 Å². The Balaban J connectivity index is 2.22. The molecule has 0 fully saturated rings. The lowest BCUT2D eigenvalue weighted by molar-refractivity contribution is 0.415. The molecule has 0 saturated heterocycles. The first-order valence-corrected chi connectivity index (χ1v) is 4.03. The monoisotopic (exact) mass is 174 g/mol. The fraction of sp³-hybridized carbons (Fsp3) is 0.100. The van der Waals surface area contributed by atoms with E-state index in [1.54, 1.807) is 13.3 Å². The minimum absolute atomic E-state index is 0.831. The number of allylic oxidation sites excluding steroid dienone is 2. The van der Waals surface area contributed by atoms with Crippen LogP contribution in [0.15, 0.2) is 35.1 Å². The minimum atomic E-state index is 0.831. The van der Waals surface area contributed by atoms with Crippen LogP contribution in [0.3, 0.4) is 0 Å². The highest BCUT2D eigenvalue weighted by Gasteiger charge is 1.97. The highest BCUT2D eigenvalue weighted by Crippen LogP contribution is 2.16. The molecule has 0 saturated carbocycles. The number of rotatable bonds is 2. The SMILES string of the molecule is COc1c[nH]c(/C=C2\C=CC=N2)c1. The molecule has 3 nitrogen and oxygen atoms in total. The van der Waals surface area contributed by atoms with Gasteiger partial charge in [-0.1, -0.05) is 0 Å². The maximum atomic E-state index is 5.04. The number of nitrogens with zero attached hydrogens (tertiary/aromatic N) is 1. The number of aliphatic imine (C=N–C) groups is 1.